The standard InChI is InChI=1S/C21H23FN6O2/c1-12-18(22)7-23-21(24-12)28-10-14-8-27(9-15(14)11-28)20(29)17-6-4-3-5-16(17)19-25-13(2)26-30-19/h3-7,13-15,26H,8-11H2,1-2H3. The third-order valence-electron chi connectivity index (χ3n) is 5.99. The third-order valence-corrected chi connectivity index (χ3v) is 5.99. The summed E-state index contributed by atoms with van der Waals surface area (Å²) in [5, 5.41) is 0. The molecular weight excluding hydrogens is 387 g/mol. The Morgan fingerprint density at radius 1 is 1.20 bits per heavy atom. The number of nitrogens with one attached hydrogen (secondary N) is 1. The second-order valence-corrected chi connectivity index (χ2v) is 8.11. The summed E-state index contributed by atoms with van der Waals surface area (Å²) < 4.78 is 13.5. The van der Waals surface area contributed by atoms with Gasteiger partial charge in [-0.1, -0.05) is 12.1 Å². The molecule has 1 aromatic carbocycles. The van der Waals surface area contributed by atoms with E-state index in [-0.39, 0.29) is 12.1 Å². The number of carbonyl (C=O) groups excluding carboxylic acids is 1. The molecule has 3 aliphatic rings. The summed E-state index contributed by atoms with van der Waals surface area (Å²) in [7, 11) is 0. The summed E-state index contributed by atoms with van der Waals surface area (Å²) in [5.41, 5.74) is 4.45. The van der Waals surface area contributed by atoms with E-state index in [0.717, 1.165) is 13.1 Å². The highest BCUT2D eigenvalue weighted by Gasteiger charge is 2.43. The Bertz CT molecular complexity index is 1010. The van der Waals surface area contributed by atoms with Crippen molar-refractivity contribution in [2.75, 3.05) is 31.1 Å². The van der Waals surface area contributed by atoms with Crippen LogP contribution >= 0.6 is 0 Å². The van der Waals surface area contributed by atoms with Gasteiger partial charge in [0.15, 0.2) is 5.82 Å². The maximum absolute atomic E-state index is 13.5. The monoisotopic (exact) mass is 410 g/mol. The van der Waals surface area contributed by atoms with E-state index < -0.39 is 5.82 Å². The number of hydrogen-bond donors (Lipinski definition) is 1. The van der Waals surface area contributed by atoms with Gasteiger partial charge in [0.1, 0.15) is 6.17 Å². The molecule has 2 aromatic rings. The Morgan fingerprint density at radius 3 is 2.60 bits per heavy atom. The number of carbonyl (C=O) groups is 1. The van der Waals surface area contributed by atoms with Crippen LogP contribution in [0.4, 0.5) is 10.3 Å². The van der Waals surface area contributed by atoms with E-state index in [1.807, 2.05) is 36.1 Å². The van der Waals surface area contributed by atoms with E-state index in [2.05, 4.69) is 25.3 Å². The normalized spacial score (nSPS) is 25.3. The van der Waals surface area contributed by atoms with Crippen molar-refractivity contribution >= 4 is 17.8 Å². The fourth-order valence-electron chi connectivity index (χ4n) is 4.44. The average Bonchev–Trinajstić information content (AvgIpc) is 3.44. The van der Waals surface area contributed by atoms with Crippen LogP contribution in [0.2, 0.25) is 0 Å². The molecule has 4 heterocycles. The van der Waals surface area contributed by atoms with Crippen LogP contribution in [-0.2, 0) is 4.84 Å². The van der Waals surface area contributed by atoms with Crippen molar-refractivity contribution in [3.05, 3.63) is 53.1 Å². The lowest BCUT2D eigenvalue weighted by atomic mass is 10.0. The number of aliphatic imine (C=N–C) groups is 1. The molecule has 5 rings (SSSR count). The number of anilines is 1. The van der Waals surface area contributed by atoms with Gasteiger partial charge in [-0.3, -0.25) is 4.79 Å². The third kappa shape index (κ3) is 3.28. The highest BCUT2D eigenvalue weighted by molar-refractivity contribution is 6.07. The molecule has 3 aliphatic heterocycles. The van der Waals surface area contributed by atoms with Crippen molar-refractivity contribution in [1.82, 2.24) is 20.3 Å². The highest BCUT2D eigenvalue weighted by atomic mass is 19.1. The number of aromatic nitrogens is 2. The molecule has 2 fully saturated rings. The van der Waals surface area contributed by atoms with Crippen LogP contribution in [0, 0.1) is 24.6 Å². The smallest absolute Gasteiger partial charge is 0.254 e. The van der Waals surface area contributed by atoms with Gasteiger partial charge < -0.3 is 14.6 Å². The molecule has 156 valence electrons. The number of hydrogen-bond acceptors (Lipinski definition) is 7. The zero-order chi connectivity index (χ0) is 20.8. The van der Waals surface area contributed by atoms with E-state index >= 15 is 0 Å². The summed E-state index contributed by atoms with van der Waals surface area (Å²) in [6.07, 6.45) is 1.08. The summed E-state index contributed by atoms with van der Waals surface area (Å²) in [6.45, 7) is 6.41. The second-order valence-electron chi connectivity index (χ2n) is 8.11. The first-order valence-corrected chi connectivity index (χ1v) is 10.1. The molecule has 3 atom stereocenters. The van der Waals surface area contributed by atoms with E-state index in [4.69, 9.17) is 4.84 Å². The first kappa shape index (κ1) is 18.9. The van der Waals surface area contributed by atoms with E-state index in [1.54, 1.807) is 6.92 Å². The number of benzene rings is 1. The summed E-state index contributed by atoms with van der Waals surface area (Å²) >= 11 is 0. The van der Waals surface area contributed by atoms with Crippen molar-refractivity contribution in [1.29, 1.82) is 0 Å². The quantitative estimate of drug-likeness (QED) is 0.830. The van der Waals surface area contributed by atoms with Gasteiger partial charge >= 0.3 is 0 Å². The molecule has 0 radical (unpaired) electrons. The van der Waals surface area contributed by atoms with Crippen LogP contribution in [0.1, 0.15) is 28.5 Å². The lowest BCUT2D eigenvalue weighted by Crippen LogP contribution is -2.34. The van der Waals surface area contributed by atoms with Gasteiger partial charge in [0.2, 0.25) is 11.8 Å². The average molecular weight is 410 g/mol. The summed E-state index contributed by atoms with van der Waals surface area (Å²) in [4.78, 5) is 35.5. The molecular formula is C21H23FN6O2. The van der Waals surface area contributed by atoms with E-state index in [9.17, 15) is 9.18 Å². The topological polar surface area (TPSA) is 83.0 Å². The van der Waals surface area contributed by atoms with Gasteiger partial charge in [-0.2, -0.15) is 0 Å². The predicted octanol–water partition coefficient (Wildman–Crippen LogP) is 1.76. The number of rotatable bonds is 3. The lowest BCUT2D eigenvalue weighted by Gasteiger charge is -2.22. The maximum atomic E-state index is 13.5. The van der Waals surface area contributed by atoms with Crippen LogP contribution in [0.5, 0.6) is 0 Å². The fraction of sp³-hybridized carbons (Fsp3) is 0.429. The number of fused-ring (bicyclic) bond motifs is 1. The number of amides is 1. The molecule has 0 aliphatic carbocycles. The number of halogens is 1. The largest absolute Gasteiger partial charge is 0.386 e. The molecule has 9 heteroatoms. The minimum atomic E-state index is -0.394. The number of hydroxylamine groups is 1. The number of nitrogens with zero attached hydrogens (tertiary/aromatic N) is 5. The minimum absolute atomic E-state index is 0.00807. The van der Waals surface area contributed by atoms with Gasteiger partial charge in [-0.25, -0.2) is 19.4 Å². The Morgan fingerprint density at radius 2 is 1.93 bits per heavy atom. The van der Waals surface area contributed by atoms with Gasteiger partial charge in [-0.05, 0) is 26.0 Å². The van der Waals surface area contributed by atoms with Crippen LogP contribution in [0.3, 0.4) is 0 Å². The molecule has 2 saturated heterocycles. The van der Waals surface area contributed by atoms with Gasteiger partial charge in [-0.15, -0.1) is 5.48 Å². The Kier molecular flexibility index (Phi) is 4.62. The molecule has 1 N–H and O–H groups in total. The van der Waals surface area contributed by atoms with Gasteiger partial charge in [0.25, 0.3) is 5.91 Å². The Labute approximate surface area is 173 Å². The molecule has 30 heavy (non-hydrogen) atoms. The van der Waals surface area contributed by atoms with E-state index in [1.165, 1.54) is 6.20 Å². The summed E-state index contributed by atoms with van der Waals surface area (Å²) in [5.74, 6) is 1.29. The van der Waals surface area contributed by atoms with Crippen molar-refractivity contribution < 1.29 is 14.0 Å². The first-order chi connectivity index (χ1) is 14.5. The zero-order valence-electron chi connectivity index (χ0n) is 16.9. The maximum Gasteiger partial charge on any atom is 0.254 e. The predicted molar refractivity (Wildman–Crippen MR) is 108 cm³/mol. The summed E-state index contributed by atoms with van der Waals surface area (Å²) in [6, 6.07) is 7.42. The first-order valence-electron chi connectivity index (χ1n) is 10.1. The molecule has 0 saturated carbocycles. The van der Waals surface area contributed by atoms with Crippen molar-refractivity contribution in [2.45, 2.75) is 20.0 Å². The minimum Gasteiger partial charge on any atom is -0.386 e. The Hall–Kier alpha value is -3.07. The number of aryl methyl sites for hydroxylation is 1. The Balaban J connectivity index is 1.30. The van der Waals surface area contributed by atoms with Crippen LogP contribution < -0.4 is 10.4 Å². The molecule has 1 aromatic heterocycles. The molecule has 3 unspecified atom stereocenters. The van der Waals surface area contributed by atoms with Crippen LogP contribution in [-0.4, -0.2) is 59.0 Å². The number of likely N-dealkylation sites (tertiary alicyclic amines) is 1. The SMILES string of the molecule is Cc1nc(N2CC3CN(C(=O)c4ccccc4C4=NC(C)NO4)CC3C2)ncc1F. The van der Waals surface area contributed by atoms with Crippen molar-refractivity contribution in [3.63, 3.8) is 0 Å². The van der Waals surface area contributed by atoms with Crippen LogP contribution in [0.15, 0.2) is 35.5 Å². The second kappa shape index (κ2) is 7.32. The highest BCUT2D eigenvalue weighted by Crippen LogP contribution is 2.34. The zero-order valence-corrected chi connectivity index (χ0v) is 16.9. The molecule has 1 amide bonds. The van der Waals surface area contributed by atoms with Gasteiger partial charge in [0, 0.05) is 38.0 Å². The van der Waals surface area contributed by atoms with Gasteiger partial charge in [0.05, 0.1) is 23.0 Å². The molecule has 0 bridgehead atoms. The van der Waals surface area contributed by atoms with Crippen LogP contribution in [0.25, 0.3) is 0 Å². The fourth-order valence-corrected chi connectivity index (χ4v) is 4.44. The van der Waals surface area contributed by atoms with E-state index in [0.29, 0.717) is 53.6 Å². The van der Waals surface area contributed by atoms with Crippen molar-refractivity contribution in [3.8, 4) is 0 Å². The lowest BCUT2D eigenvalue weighted by molar-refractivity contribution is 0.0781. The molecule has 0 spiro atoms. The molecule has 8 nitrogen and oxygen atoms in total. The van der Waals surface area contributed by atoms with Crippen molar-refractivity contribution in [2.24, 2.45) is 16.8 Å².